The molecule has 2 aromatic rings. The van der Waals surface area contributed by atoms with E-state index < -0.39 is 0 Å². The first kappa shape index (κ1) is 11.8. The fourth-order valence-electron chi connectivity index (χ4n) is 1.50. The number of halogens is 1. The summed E-state index contributed by atoms with van der Waals surface area (Å²) < 4.78 is 3.32. The number of nitrogens with zero attached hydrogens (tertiary/aromatic N) is 2. The summed E-state index contributed by atoms with van der Waals surface area (Å²) in [5.41, 5.74) is 0. The highest BCUT2D eigenvalue weighted by atomic mass is 79.9. The molecule has 0 aromatic carbocycles. The van der Waals surface area contributed by atoms with Gasteiger partial charge in [-0.1, -0.05) is 0 Å². The van der Waals surface area contributed by atoms with Crippen LogP contribution in [0.3, 0.4) is 0 Å². The van der Waals surface area contributed by atoms with Crippen molar-refractivity contribution in [1.82, 2.24) is 14.9 Å². The quantitative estimate of drug-likeness (QED) is 0.861. The molecule has 5 heteroatoms. The van der Waals surface area contributed by atoms with Crippen molar-refractivity contribution in [3.63, 3.8) is 0 Å². The molecule has 0 spiro atoms. The van der Waals surface area contributed by atoms with Crippen LogP contribution in [0.15, 0.2) is 28.3 Å². The number of hydrogen-bond donors (Lipinski definition) is 1. The first-order valence-electron chi connectivity index (χ1n) is 5.17. The lowest BCUT2D eigenvalue weighted by atomic mass is 10.4. The summed E-state index contributed by atoms with van der Waals surface area (Å²) in [5, 5.41) is 5.53. The van der Waals surface area contributed by atoms with Gasteiger partial charge in [-0.05, 0) is 28.9 Å². The van der Waals surface area contributed by atoms with Crippen molar-refractivity contribution in [2.75, 3.05) is 6.54 Å². The Balaban J connectivity index is 1.71. The van der Waals surface area contributed by atoms with Gasteiger partial charge in [0.25, 0.3) is 0 Å². The van der Waals surface area contributed by atoms with Crippen LogP contribution in [0.2, 0.25) is 0 Å². The van der Waals surface area contributed by atoms with E-state index in [1.165, 1.54) is 9.35 Å². The van der Waals surface area contributed by atoms with Crippen molar-refractivity contribution in [3.8, 4) is 0 Å². The molecule has 3 nitrogen and oxygen atoms in total. The van der Waals surface area contributed by atoms with Crippen molar-refractivity contribution < 1.29 is 0 Å². The monoisotopic (exact) mass is 299 g/mol. The maximum absolute atomic E-state index is 4.19. The Bertz CT molecular complexity index is 450. The zero-order chi connectivity index (χ0) is 11.4. The van der Waals surface area contributed by atoms with E-state index in [0.29, 0.717) is 0 Å². The van der Waals surface area contributed by atoms with Crippen molar-refractivity contribution >= 4 is 27.3 Å². The summed E-state index contributed by atoms with van der Waals surface area (Å²) in [5.74, 6) is 1.07. The van der Waals surface area contributed by atoms with E-state index in [0.717, 1.165) is 25.5 Å². The second-order valence-electron chi connectivity index (χ2n) is 3.58. The molecule has 2 rings (SSSR count). The van der Waals surface area contributed by atoms with Crippen LogP contribution in [0, 0.1) is 6.92 Å². The number of aromatic nitrogens is 2. The normalized spacial score (nSPS) is 10.9. The van der Waals surface area contributed by atoms with Crippen LogP contribution >= 0.6 is 27.3 Å². The fraction of sp³-hybridized carbons (Fsp3) is 0.364. The minimum absolute atomic E-state index is 0.935. The molecule has 0 saturated heterocycles. The molecule has 0 radical (unpaired) electrons. The Morgan fingerprint density at radius 2 is 2.44 bits per heavy atom. The van der Waals surface area contributed by atoms with Gasteiger partial charge in [-0.15, -0.1) is 11.3 Å². The van der Waals surface area contributed by atoms with Crippen molar-refractivity contribution in [3.05, 3.63) is 39.0 Å². The maximum atomic E-state index is 4.19. The van der Waals surface area contributed by atoms with Crippen LogP contribution in [-0.2, 0) is 13.1 Å². The zero-order valence-corrected chi connectivity index (χ0v) is 11.5. The molecule has 0 aliphatic rings. The Labute approximate surface area is 108 Å². The molecule has 0 saturated carbocycles. The number of thiophene rings is 1. The van der Waals surface area contributed by atoms with Crippen molar-refractivity contribution in [2.45, 2.75) is 20.0 Å². The average molecular weight is 300 g/mol. The molecule has 0 fully saturated rings. The summed E-state index contributed by atoms with van der Waals surface area (Å²) in [6.45, 7) is 4.89. The third-order valence-corrected chi connectivity index (χ3v) is 4.07. The lowest BCUT2D eigenvalue weighted by Crippen LogP contribution is -2.19. The van der Waals surface area contributed by atoms with E-state index in [4.69, 9.17) is 0 Å². The molecule has 0 amide bonds. The first-order valence-corrected chi connectivity index (χ1v) is 6.84. The topological polar surface area (TPSA) is 29.9 Å². The first-order chi connectivity index (χ1) is 7.75. The molecule has 0 aliphatic carbocycles. The van der Waals surface area contributed by atoms with Gasteiger partial charge in [0.05, 0.1) is 0 Å². The maximum Gasteiger partial charge on any atom is 0.105 e. The number of nitrogens with one attached hydrogen (secondary N) is 1. The van der Waals surface area contributed by atoms with Crippen LogP contribution in [0.1, 0.15) is 10.7 Å². The minimum atomic E-state index is 0.935. The van der Waals surface area contributed by atoms with Gasteiger partial charge in [-0.25, -0.2) is 4.98 Å². The lowest BCUT2D eigenvalue weighted by Gasteiger charge is -2.05. The number of rotatable bonds is 5. The molecular formula is C11H14BrN3S. The average Bonchev–Trinajstić information content (AvgIpc) is 2.83. The van der Waals surface area contributed by atoms with E-state index in [-0.39, 0.29) is 0 Å². The molecule has 0 atom stereocenters. The summed E-state index contributed by atoms with van der Waals surface area (Å²) in [4.78, 5) is 5.54. The Hall–Kier alpha value is -0.650. The second-order valence-corrected chi connectivity index (χ2v) is 5.49. The van der Waals surface area contributed by atoms with Gasteiger partial charge in [0.15, 0.2) is 0 Å². The van der Waals surface area contributed by atoms with Crippen LogP contribution in [0.25, 0.3) is 0 Å². The molecule has 1 N–H and O–H groups in total. The lowest BCUT2D eigenvalue weighted by molar-refractivity contribution is 0.590. The SMILES string of the molecule is Cc1nccn1CCNCc1cc(Br)cs1. The number of aryl methyl sites for hydroxylation is 1. The summed E-state index contributed by atoms with van der Waals surface area (Å²) >= 11 is 5.22. The second kappa shape index (κ2) is 5.61. The molecule has 2 aromatic heterocycles. The van der Waals surface area contributed by atoms with E-state index in [1.807, 2.05) is 19.3 Å². The van der Waals surface area contributed by atoms with Gasteiger partial charge >= 0.3 is 0 Å². The van der Waals surface area contributed by atoms with Crippen molar-refractivity contribution in [1.29, 1.82) is 0 Å². The summed E-state index contributed by atoms with van der Waals surface area (Å²) in [6, 6.07) is 2.15. The standard InChI is InChI=1S/C11H14BrN3S/c1-9-14-3-5-15(9)4-2-13-7-11-6-10(12)8-16-11/h3,5-6,8,13H,2,4,7H2,1H3. The van der Waals surface area contributed by atoms with Gasteiger partial charge in [-0.2, -0.15) is 0 Å². The van der Waals surface area contributed by atoms with E-state index in [9.17, 15) is 0 Å². The largest absolute Gasteiger partial charge is 0.334 e. The highest BCUT2D eigenvalue weighted by Gasteiger charge is 1.98. The molecular weight excluding hydrogens is 286 g/mol. The Morgan fingerprint density at radius 3 is 3.06 bits per heavy atom. The summed E-state index contributed by atoms with van der Waals surface area (Å²) in [7, 11) is 0. The predicted octanol–water partition coefficient (Wildman–Crippen LogP) is 2.81. The smallest absolute Gasteiger partial charge is 0.105 e. The molecule has 0 aliphatic heterocycles. The Kier molecular flexibility index (Phi) is 4.15. The van der Waals surface area contributed by atoms with Crippen molar-refractivity contribution in [2.24, 2.45) is 0 Å². The zero-order valence-electron chi connectivity index (χ0n) is 9.11. The molecule has 86 valence electrons. The number of hydrogen-bond acceptors (Lipinski definition) is 3. The molecule has 0 unspecified atom stereocenters. The van der Waals surface area contributed by atoms with E-state index in [1.54, 1.807) is 11.3 Å². The highest BCUT2D eigenvalue weighted by molar-refractivity contribution is 9.10. The van der Waals surface area contributed by atoms with E-state index in [2.05, 4.69) is 42.2 Å². The predicted molar refractivity (Wildman–Crippen MR) is 70.7 cm³/mol. The number of imidazole rings is 1. The molecule has 2 heterocycles. The Morgan fingerprint density at radius 1 is 1.56 bits per heavy atom. The van der Waals surface area contributed by atoms with Crippen LogP contribution in [0.4, 0.5) is 0 Å². The van der Waals surface area contributed by atoms with E-state index >= 15 is 0 Å². The van der Waals surface area contributed by atoms with Crippen LogP contribution in [-0.4, -0.2) is 16.1 Å². The summed E-state index contributed by atoms with van der Waals surface area (Å²) in [6.07, 6.45) is 3.85. The molecule has 0 bridgehead atoms. The van der Waals surface area contributed by atoms with Gasteiger partial charge in [0, 0.05) is 46.8 Å². The van der Waals surface area contributed by atoms with Gasteiger partial charge in [0.1, 0.15) is 5.82 Å². The van der Waals surface area contributed by atoms with Gasteiger partial charge in [0.2, 0.25) is 0 Å². The van der Waals surface area contributed by atoms with Crippen LogP contribution < -0.4 is 5.32 Å². The van der Waals surface area contributed by atoms with Crippen LogP contribution in [0.5, 0.6) is 0 Å². The van der Waals surface area contributed by atoms with Gasteiger partial charge in [-0.3, -0.25) is 0 Å². The van der Waals surface area contributed by atoms with Gasteiger partial charge < -0.3 is 9.88 Å². The highest BCUT2D eigenvalue weighted by Crippen LogP contribution is 2.19. The fourth-order valence-corrected chi connectivity index (χ4v) is 2.92. The third-order valence-electron chi connectivity index (χ3n) is 2.37. The third kappa shape index (κ3) is 3.17. The molecule has 16 heavy (non-hydrogen) atoms. The minimum Gasteiger partial charge on any atom is -0.334 e.